The second kappa shape index (κ2) is 6.05. The van der Waals surface area contributed by atoms with Gasteiger partial charge >= 0.3 is 5.97 Å². The van der Waals surface area contributed by atoms with Gasteiger partial charge in [-0.05, 0) is 18.2 Å². The molecular weight excluding hydrogens is 276 g/mol. The highest BCUT2D eigenvalue weighted by atomic mass is 35.5. The maximum Gasteiger partial charge on any atom is 0.326 e. The fourth-order valence-corrected chi connectivity index (χ4v) is 1.50. The van der Waals surface area contributed by atoms with E-state index < -0.39 is 36.0 Å². The largest absolute Gasteiger partial charge is 0.507 e. The Morgan fingerprint density at radius 1 is 1.37 bits per heavy atom. The summed E-state index contributed by atoms with van der Waals surface area (Å²) in [5, 5.41) is 20.6. The number of carboxylic acid groups (broad SMARTS) is 1. The number of carboxylic acids is 1. The zero-order chi connectivity index (χ0) is 14.6. The van der Waals surface area contributed by atoms with Gasteiger partial charge in [0.25, 0.3) is 5.91 Å². The molecule has 0 spiro atoms. The maximum atomic E-state index is 11.7. The molecule has 1 aromatic carbocycles. The average Bonchev–Trinajstić information content (AvgIpc) is 2.26. The number of amides is 2. The molecule has 0 fully saturated rings. The quantitative estimate of drug-likeness (QED) is 0.610. The first kappa shape index (κ1) is 14.8. The Bertz CT molecular complexity index is 532. The van der Waals surface area contributed by atoms with Crippen LogP contribution in [0.4, 0.5) is 0 Å². The molecule has 102 valence electrons. The van der Waals surface area contributed by atoms with E-state index in [9.17, 15) is 19.5 Å². The molecule has 2 amide bonds. The van der Waals surface area contributed by atoms with Crippen molar-refractivity contribution >= 4 is 29.4 Å². The van der Waals surface area contributed by atoms with E-state index in [1.54, 1.807) is 0 Å². The number of rotatable bonds is 5. The molecule has 1 atom stereocenters. The molecule has 7 nitrogen and oxygen atoms in total. The molecule has 0 aliphatic heterocycles. The molecule has 0 heterocycles. The highest BCUT2D eigenvalue weighted by Gasteiger charge is 2.23. The molecule has 0 saturated heterocycles. The van der Waals surface area contributed by atoms with Crippen LogP contribution in [-0.4, -0.2) is 34.0 Å². The number of halogens is 1. The predicted molar refractivity (Wildman–Crippen MR) is 65.8 cm³/mol. The smallest absolute Gasteiger partial charge is 0.326 e. The van der Waals surface area contributed by atoms with E-state index in [-0.39, 0.29) is 10.6 Å². The van der Waals surface area contributed by atoms with Crippen LogP contribution in [0.5, 0.6) is 5.75 Å². The number of aromatic hydroxyl groups is 1. The van der Waals surface area contributed by atoms with Crippen molar-refractivity contribution in [3.8, 4) is 5.75 Å². The lowest BCUT2D eigenvalue weighted by molar-refractivity contribution is -0.140. The molecular formula is C11H11ClN2O5. The van der Waals surface area contributed by atoms with E-state index >= 15 is 0 Å². The van der Waals surface area contributed by atoms with Crippen molar-refractivity contribution in [2.45, 2.75) is 12.5 Å². The van der Waals surface area contributed by atoms with Crippen LogP contribution in [0.15, 0.2) is 18.2 Å². The summed E-state index contributed by atoms with van der Waals surface area (Å²) in [6, 6.07) is 2.27. The van der Waals surface area contributed by atoms with Gasteiger partial charge in [0.15, 0.2) is 0 Å². The molecule has 1 rings (SSSR count). The Morgan fingerprint density at radius 2 is 2.00 bits per heavy atom. The fourth-order valence-electron chi connectivity index (χ4n) is 1.33. The van der Waals surface area contributed by atoms with Crippen molar-refractivity contribution in [2.24, 2.45) is 5.73 Å². The van der Waals surface area contributed by atoms with E-state index in [4.69, 9.17) is 22.4 Å². The minimum absolute atomic E-state index is 0.153. The third-order valence-corrected chi connectivity index (χ3v) is 2.45. The van der Waals surface area contributed by atoms with Gasteiger partial charge in [-0.25, -0.2) is 4.79 Å². The number of phenols is 1. The lowest BCUT2D eigenvalue weighted by atomic mass is 10.1. The molecule has 0 radical (unpaired) electrons. The van der Waals surface area contributed by atoms with Gasteiger partial charge in [0.2, 0.25) is 5.91 Å². The molecule has 19 heavy (non-hydrogen) atoms. The Hall–Kier alpha value is -2.28. The summed E-state index contributed by atoms with van der Waals surface area (Å²) in [6.45, 7) is 0. The minimum Gasteiger partial charge on any atom is -0.507 e. The van der Waals surface area contributed by atoms with Gasteiger partial charge in [0.05, 0.1) is 12.0 Å². The molecule has 0 saturated carbocycles. The summed E-state index contributed by atoms with van der Waals surface area (Å²) in [4.78, 5) is 33.3. The highest BCUT2D eigenvalue weighted by Crippen LogP contribution is 2.21. The number of nitrogens with one attached hydrogen (secondary N) is 1. The first-order valence-corrected chi connectivity index (χ1v) is 5.49. The Kier molecular flexibility index (Phi) is 4.71. The van der Waals surface area contributed by atoms with Crippen LogP contribution in [0.25, 0.3) is 0 Å². The topological polar surface area (TPSA) is 130 Å². The van der Waals surface area contributed by atoms with E-state index in [1.807, 2.05) is 0 Å². The zero-order valence-corrected chi connectivity index (χ0v) is 10.3. The van der Waals surface area contributed by atoms with Crippen molar-refractivity contribution in [1.82, 2.24) is 5.32 Å². The Labute approximate surface area is 113 Å². The first-order chi connectivity index (χ1) is 8.81. The van der Waals surface area contributed by atoms with Crippen molar-refractivity contribution < 1.29 is 24.6 Å². The zero-order valence-electron chi connectivity index (χ0n) is 9.59. The number of hydrogen-bond acceptors (Lipinski definition) is 4. The van der Waals surface area contributed by atoms with Gasteiger partial charge in [-0.2, -0.15) is 0 Å². The van der Waals surface area contributed by atoms with E-state index in [0.717, 1.165) is 6.07 Å². The van der Waals surface area contributed by atoms with Gasteiger partial charge in [0, 0.05) is 5.02 Å². The fraction of sp³-hybridized carbons (Fsp3) is 0.182. The van der Waals surface area contributed by atoms with Crippen LogP contribution in [0.1, 0.15) is 16.8 Å². The summed E-state index contributed by atoms with van der Waals surface area (Å²) in [7, 11) is 0. The SMILES string of the molecule is NC(=O)C[C@H](NC(=O)c1ccc(Cl)cc1O)C(=O)O. The van der Waals surface area contributed by atoms with Crippen molar-refractivity contribution in [3.05, 3.63) is 28.8 Å². The molecule has 0 unspecified atom stereocenters. The summed E-state index contributed by atoms with van der Waals surface area (Å²) >= 11 is 5.60. The van der Waals surface area contributed by atoms with E-state index in [2.05, 4.69) is 5.32 Å². The van der Waals surface area contributed by atoms with Gasteiger partial charge in [-0.1, -0.05) is 11.6 Å². The monoisotopic (exact) mass is 286 g/mol. The number of phenolic OH excluding ortho intramolecular Hbond substituents is 1. The van der Waals surface area contributed by atoms with Crippen LogP contribution in [0, 0.1) is 0 Å². The van der Waals surface area contributed by atoms with Crippen LogP contribution in [-0.2, 0) is 9.59 Å². The standard InChI is InChI=1S/C11H11ClN2O5/c12-5-1-2-6(8(15)3-5)10(17)14-7(11(18)19)4-9(13)16/h1-3,7,15H,4H2,(H2,13,16)(H,14,17)(H,18,19)/t7-/m0/s1. The van der Waals surface area contributed by atoms with Gasteiger partial charge in [-0.3, -0.25) is 9.59 Å². The molecule has 1 aromatic rings. The first-order valence-electron chi connectivity index (χ1n) is 5.11. The van der Waals surface area contributed by atoms with Crippen molar-refractivity contribution in [1.29, 1.82) is 0 Å². The molecule has 0 aliphatic carbocycles. The molecule has 5 N–H and O–H groups in total. The van der Waals surface area contributed by atoms with E-state index in [0.29, 0.717) is 0 Å². The third kappa shape index (κ3) is 4.14. The number of hydrogen-bond donors (Lipinski definition) is 4. The van der Waals surface area contributed by atoms with E-state index in [1.165, 1.54) is 12.1 Å². The second-order valence-electron chi connectivity index (χ2n) is 3.70. The summed E-state index contributed by atoms with van der Waals surface area (Å²) < 4.78 is 0. The lowest BCUT2D eigenvalue weighted by Gasteiger charge is -2.13. The number of carbonyl (C=O) groups excluding carboxylic acids is 2. The van der Waals surface area contributed by atoms with Gasteiger partial charge in [0.1, 0.15) is 11.8 Å². The average molecular weight is 287 g/mol. The van der Waals surface area contributed by atoms with Crippen LogP contribution in [0.2, 0.25) is 5.02 Å². The second-order valence-corrected chi connectivity index (χ2v) is 4.13. The van der Waals surface area contributed by atoms with Crippen LogP contribution >= 0.6 is 11.6 Å². The van der Waals surface area contributed by atoms with Crippen molar-refractivity contribution in [2.75, 3.05) is 0 Å². The predicted octanol–water partition coefficient (Wildman–Crippen LogP) is 0.104. The maximum absolute atomic E-state index is 11.7. The molecule has 0 aromatic heterocycles. The summed E-state index contributed by atoms with van der Waals surface area (Å²) in [5.41, 5.74) is 4.72. The number of carbonyl (C=O) groups is 3. The minimum atomic E-state index is -1.46. The van der Waals surface area contributed by atoms with Gasteiger partial charge < -0.3 is 21.3 Å². The van der Waals surface area contributed by atoms with Crippen LogP contribution in [0.3, 0.4) is 0 Å². The Morgan fingerprint density at radius 3 is 2.47 bits per heavy atom. The van der Waals surface area contributed by atoms with Crippen LogP contribution < -0.4 is 11.1 Å². The lowest BCUT2D eigenvalue weighted by Crippen LogP contribution is -2.43. The summed E-state index contributed by atoms with van der Waals surface area (Å²) in [5.74, 6) is -3.51. The molecule has 8 heteroatoms. The molecule has 0 aliphatic rings. The summed E-state index contributed by atoms with van der Waals surface area (Å²) in [6.07, 6.45) is -0.546. The Balaban J connectivity index is 2.87. The number of nitrogens with two attached hydrogens (primary N) is 1. The highest BCUT2D eigenvalue weighted by molar-refractivity contribution is 6.30. The van der Waals surface area contributed by atoms with Gasteiger partial charge in [-0.15, -0.1) is 0 Å². The van der Waals surface area contributed by atoms with Crippen molar-refractivity contribution in [3.63, 3.8) is 0 Å². The number of benzene rings is 1. The molecule has 0 bridgehead atoms. The normalized spacial score (nSPS) is 11.6. The number of primary amides is 1. The third-order valence-electron chi connectivity index (χ3n) is 2.21. The number of aliphatic carboxylic acids is 1.